The lowest BCUT2D eigenvalue weighted by molar-refractivity contribution is -0.115. The fourth-order valence-electron chi connectivity index (χ4n) is 1.50. The Balaban J connectivity index is 2.83. The number of benzene rings is 1. The summed E-state index contributed by atoms with van der Waals surface area (Å²) >= 11 is 0. The van der Waals surface area contributed by atoms with E-state index in [2.05, 4.69) is 5.32 Å². The topological polar surface area (TPSA) is 79.9 Å². The predicted molar refractivity (Wildman–Crippen MR) is 71.6 cm³/mol. The molecular formula is C14H14N4O. The van der Waals surface area contributed by atoms with E-state index in [4.69, 9.17) is 10.5 Å². The average Bonchev–Trinajstić information content (AvgIpc) is 2.39. The number of amides is 1. The highest BCUT2D eigenvalue weighted by Gasteiger charge is 2.13. The molecule has 0 aliphatic heterocycles. The van der Waals surface area contributed by atoms with Crippen molar-refractivity contribution in [2.45, 2.75) is 6.42 Å². The van der Waals surface area contributed by atoms with Gasteiger partial charge < -0.3 is 10.2 Å². The lowest BCUT2D eigenvalue weighted by Crippen LogP contribution is -2.20. The first kappa shape index (κ1) is 14.3. The minimum Gasteiger partial charge on any atom is -0.379 e. The number of nitrogens with one attached hydrogen (secondary N) is 1. The summed E-state index contributed by atoms with van der Waals surface area (Å²) in [5.41, 5.74) is 1.03. The molecule has 5 heteroatoms. The maximum atomic E-state index is 11.9. The van der Waals surface area contributed by atoms with Gasteiger partial charge in [-0.15, -0.1) is 0 Å². The summed E-state index contributed by atoms with van der Waals surface area (Å²) < 4.78 is 0. The van der Waals surface area contributed by atoms with Crippen molar-refractivity contribution in [1.82, 2.24) is 4.90 Å². The molecule has 0 spiro atoms. The van der Waals surface area contributed by atoms with Gasteiger partial charge in [-0.3, -0.25) is 4.79 Å². The Bertz CT molecular complexity index is 545. The van der Waals surface area contributed by atoms with Gasteiger partial charge in [-0.25, -0.2) is 0 Å². The van der Waals surface area contributed by atoms with E-state index in [-0.39, 0.29) is 17.9 Å². The van der Waals surface area contributed by atoms with Gasteiger partial charge in [0.2, 0.25) is 5.91 Å². The second kappa shape index (κ2) is 6.83. The molecule has 5 nitrogen and oxygen atoms in total. The molecule has 0 unspecified atom stereocenters. The van der Waals surface area contributed by atoms with E-state index in [9.17, 15) is 4.79 Å². The van der Waals surface area contributed by atoms with E-state index in [0.29, 0.717) is 11.4 Å². The molecule has 1 aromatic carbocycles. The Kier molecular flexibility index (Phi) is 5.13. The molecule has 1 N–H and O–H groups in total. The smallest absolute Gasteiger partial charge is 0.230 e. The number of carbonyl (C=O) groups excluding carboxylic acids is 1. The normalized spacial score (nSPS) is 8.84. The van der Waals surface area contributed by atoms with E-state index >= 15 is 0 Å². The summed E-state index contributed by atoms with van der Waals surface area (Å²) in [5.74, 6) is -0.266. The number of rotatable bonds is 4. The van der Waals surface area contributed by atoms with Crippen LogP contribution in [0, 0.1) is 22.7 Å². The average molecular weight is 254 g/mol. The van der Waals surface area contributed by atoms with Crippen LogP contribution in [0.5, 0.6) is 0 Å². The van der Waals surface area contributed by atoms with Crippen molar-refractivity contribution in [3.63, 3.8) is 0 Å². The fraction of sp³-hybridized carbons (Fsp3) is 0.214. The molecule has 1 rings (SSSR count). The first-order valence-electron chi connectivity index (χ1n) is 5.64. The van der Waals surface area contributed by atoms with Crippen molar-refractivity contribution in [2.24, 2.45) is 0 Å². The van der Waals surface area contributed by atoms with Gasteiger partial charge in [0.1, 0.15) is 17.7 Å². The van der Waals surface area contributed by atoms with Crippen molar-refractivity contribution in [3.05, 3.63) is 41.6 Å². The number of nitriles is 2. The SMILES string of the molecule is CN(C)C(CC(=O)Nc1ccccc1)=C(C#N)C#N. The highest BCUT2D eigenvalue weighted by molar-refractivity contribution is 5.92. The molecule has 1 aromatic rings. The summed E-state index contributed by atoms with van der Waals surface area (Å²) in [6.45, 7) is 0. The quantitative estimate of drug-likeness (QED) is 0.832. The third kappa shape index (κ3) is 4.18. The standard InChI is InChI=1S/C14H14N4O/c1-18(2)13(11(9-15)10-16)8-14(19)17-12-6-4-3-5-7-12/h3-7H,8H2,1-2H3,(H,17,19). The van der Waals surface area contributed by atoms with Crippen LogP contribution >= 0.6 is 0 Å². The maximum Gasteiger partial charge on any atom is 0.230 e. The van der Waals surface area contributed by atoms with Crippen LogP contribution in [0.4, 0.5) is 5.69 Å². The predicted octanol–water partition coefficient (Wildman–Crippen LogP) is 1.88. The van der Waals surface area contributed by atoms with Crippen LogP contribution in [-0.4, -0.2) is 24.9 Å². The van der Waals surface area contributed by atoms with Gasteiger partial charge >= 0.3 is 0 Å². The van der Waals surface area contributed by atoms with Crippen LogP contribution in [0.15, 0.2) is 41.6 Å². The zero-order chi connectivity index (χ0) is 14.3. The lowest BCUT2D eigenvalue weighted by atomic mass is 10.1. The molecular weight excluding hydrogens is 240 g/mol. The van der Waals surface area contributed by atoms with Gasteiger partial charge in [0, 0.05) is 19.8 Å². The maximum absolute atomic E-state index is 11.9. The molecule has 0 saturated heterocycles. The number of hydrogen-bond donors (Lipinski definition) is 1. The lowest BCUT2D eigenvalue weighted by Gasteiger charge is -2.16. The van der Waals surface area contributed by atoms with Gasteiger partial charge in [-0.2, -0.15) is 10.5 Å². The molecule has 0 fully saturated rings. The Morgan fingerprint density at radius 1 is 1.21 bits per heavy atom. The van der Waals surface area contributed by atoms with Crippen LogP contribution in [0.3, 0.4) is 0 Å². The zero-order valence-electron chi connectivity index (χ0n) is 10.8. The molecule has 0 bridgehead atoms. The minimum absolute atomic E-state index is 0.0155. The number of para-hydroxylation sites is 1. The van der Waals surface area contributed by atoms with Crippen molar-refractivity contribution in [1.29, 1.82) is 10.5 Å². The van der Waals surface area contributed by atoms with Crippen LogP contribution in [0.2, 0.25) is 0 Å². The Morgan fingerprint density at radius 3 is 2.26 bits per heavy atom. The second-order valence-corrected chi connectivity index (χ2v) is 4.03. The molecule has 19 heavy (non-hydrogen) atoms. The first-order valence-corrected chi connectivity index (χ1v) is 5.64. The van der Waals surface area contributed by atoms with Crippen molar-refractivity contribution in [3.8, 4) is 12.1 Å². The Hall–Kier alpha value is -2.79. The molecule has 0 saturated carbocycles. The van der Waals surface area contributed by atoms with Crippen LogP contribution in [0.1, 0.15) is 6.42 Å². The molecule has 0 radical (unpaired) electrons. The van der Waals surface area contributed by atoms with Crippen LogP contribution < -0.4 is 5.32 Å². The molecule has 0 aliphatic carbocycles. The van der Waals surface area contributed by atoms with E-state index in [1.165, 1.54) is 0 Å². The zero-order valence-corrected chi connectivity index (χ0v) is 10.8. The van der Waals surface area contributed by atoms with Crippen molar-refractivity contribution < 1.29 is 4.79 Å². The molecule has 0 atom stereocenters. The molecule has 0 heterocycles. The number of hydrogen-bond acceptors (Lipinski definition) is 4. The van der Waals surface area contributed by atoms with Crippen molar-refractivity contribution >= 4 is 11.6 Å². The monoisotopic (exact) mass is 254 g/mol. The molecule has 0 aliphatic rings. The van der Waals surface area contributed by atoms with E-state index < -0.39 is 0 Å². The number of allylic oxidation sites excluding steroid dienone is 1. The molecule has 0 aromatic heterocycles. The number of anilines is 1. The largest absolute Gasteiger partial charge is 0.379 e. The van der Waals surface area contributed by atoms with E-state index in [1.807, 2.05) is 18.2 Å². The Morgan fingerprint density at radius 2 is 1.79 bits per heavy atom. The third-order valence-electron chi connectivity index (χ3n) is 2.44. The van der Waals surface area contributed by atoms with Gasteiger partial charge in [0.05, 0.1) is 12.1 Å². The van der Waals surface area contributed by atoms with Crippen LogP contribution in [-0.2, 0) is 4.79 Å². The highest BCUT2D eigenvalue weighted by atomic mass is 16.1. The number of nitrogens with zero attached hydrogens (tertiary/aromatic N) is 3. The summed E-state index contributed by atoms with van der Waals surface area (Å²) in [6.07, 6.45) is -0.0155. The first-order chi connectivity index (χ1) is 9.08. The van der Waals surface area contributed by atoms with Crippen LogP contribution in [0.25, 0.3) is 0 Å². The summed E-state index contributed by atoms with van der Waals surface area (Å²) in [6, 6.07) is 12.6. The fourth-order valence-corrected chi connectivity index (χ4v) is 1.50. The third-order valence-corrected chi connectivity index (χ3v) is 2.44. The molecule has 1 amide bonds. The second-order valence-electron chi connectivity index (χ2n) is 4.03. The van der Waals surface area contributed by atoms with Gasteiger partial charge in [0.25, 0.3) is 0 Å². The number of carbonyl (C=O) groups is 1. The van der Waals surface area contributed by atoms with Gasteiger partial charge in [-0.1, -0.05) is 18.2 Å². The van der Waals surface area contributed by atoms with Gasteiger partial charge in [-0.05, 0) is 12.1 Å². The molecule has 96 valence electrons. The van der Waals surface area contributed by atoms with Crippen molar-refractivity contribution in [2.75, 3.05) is 19.4 Å². The van der Waals surface area contributed by atoms with E-state index in [1.54, 1.807) is 43.3 Å². The highest BCUT2D eigenvalue weighted by Crippen LogP contribution is 2.13. The Labute approximate surface area is 112 Å². The minimum atomic E-state index is -0.266. The van der Waals surface area contributed by atoms with E-state index in [0.717, 1.165) is 0 Å². The summed E-state index contributed by atoms with van der Waals surface area (Å²) in [7, 11) is 3.39. The summed E-state index contributed by atoms with van der Waals surface area (Å²) in [4.78, 5) is 13.5. The van der Waals surface area contributed by atoms with Gasteiger partial charge in [0.15, 0.2) is 0 Å². The summed E-state index contributed by atoms with van der Waals surface area (Å²) in [5, 5.41) is 20.4.